The van der Waals surface area contributed by atoms with Gasteiger partial charge in [-0.2, -0.15) is 0 Å². The van der Waals surface area contributed by atoms with E-state index in [2.05, 4.69) is 37.4 Å². The van der Waals surface area contributed by atoms with Gasteiger partial charge in [-0.05, 0) is 37.8 Å². The monoisotopic (exact) mass is 223 g/mol. The van der Waals surface area contributed by atoms with Gasteiger partial charge in [0.2, 0.25) is 0 Å². The van der Waals surface area contributed by atoms with Gasteiger partial charge in [-0.1, -0.05) is 23.8 Å². The highest BCUT2D eigenvalue weighted by Crippen LogP contribution is 2.36. The summed E-state index contributed by atoms with van der Waals surface area (Å²) in [6.07, 6.45) is 2.45. The van der Waals surface area contributed by atoms with Crippen LogP contribution in [0.5, 0.6) is 0 Å². The Bertz CT molecular complexity index is 356. The first-order chi connectivity index (χ1) is 7.15. The molecular weight excluding hydrogens is 206 g/mol. The molecular formula is C13H18ClN. The van der Waals surface area contributed by atoms with Gasteiger partial charge in [0.15, 0.2) is 0 Å². The largest absolute Gasteiger partial charge is 0.306 e. The molecule has 0 radical (unpaired) electrons. The van der Waals surface area contributed by atoms with Crippen molar-refractivity contribution in [3.63, 3.8) is 0 Å². The van der Waals surface area contributed by atoms with E-state index < -0.39 is 0 Å². The molecule has 0 saturated heterocycles. The lowest BCUT2D eigenvalue weighted by atomic mass is 10.1. The summed E-state index contributed by atoms with van der Waals surface area (Å²) in [5, 5.41) is 3.57. The molecule has 2 rings (SSSR count). The standard InChI is InChI=1S/C13H18ClN/c1-10-3-4-11(2)12(7-10)8-15-13(9-14)5-6-13/h3-4,7,15H,5-6,8-9H2,1-2H3. The zero-order valence-corrected chi connectivity index (χ0v) is 10.2. The average Bonchev–Trinajstić information content (AvgIpc) is 3.00. The number of rotatable bonds is 4. The van der Waals surface area contributed by atoms with Crippen LogP contribution in [-0.4, -0.2) is 11.4 Å². The summed E-state index contributed by atoms with van der Waals surface area (Å²) < 4.78 is 0. The topological polar surface area (TPSA) is 12.0 Å². The first kappa shape index (κ1) is 11.0. The summed E-state index contributed by atoms with van der Waals surface area (Å²) >= 11 is 5.93. The van der Waals surface area contributed by atoms with Crippen LogP contribution in [0.4, 0.5) is 0 Å². The second-order valence-corrected chi connectivity index (χ2v) is 4.96. The SMILES string of the molecule is Cc1ccc(C)c(CNC2(CCl)CC2)c1. The minimum Gasteiger partial charge on any atom is -0.306 e. The van der Waals surface area contributed by atoms with Crippen LogP contribution in [0.25, 0.3) is 0 Å². The first-order valence-electron chi connectivity index (χ1n) is 5.52. The van der Waals surface area contributed by atoms with Crippen molar-refractivity contribution in [1.82, 2.24) is 5.32 Å². The molecule has 15 heavy (non-hydrogen) atoms. The van der Waals surface area contributed by atoms with E-state index in [1.807, 2.05) is 0 Å². The smallest absolute Gasteiger partial charge is 0.0406 e. The zero-order chi connectivity index (χ0) is 10.9. The highest BCUT2D eigenvalue weighted by atomic mass is 35.5. The summed E-state index contributed by atoms with van der Waals surface area (Å²) in [5.74, 6) is 0.734. The van der Waals surface area contributed by atoms with Crippen molar-refractivity contribution in [2.24, 2.45) is 0 Å². The van der Waals surface area contributed by atoms with Crippen LogP contribution in [-0.2, 0) is 6.54 Å². The number of aryl methyl sites for hydroxylation is 2. The van der Waals surface area contributed by atoms with Crippen LogP contribution in [0, 0.1) is 13.8 Å². The van der Waals surface area contributed by atoms with Crippen LogP contribution in [0.15, 0.2) is 18.2 Å². The van der Waals surface area contributed by atoms with E-state index in [0.29, 0.717) is 0 Å². The van der Waals surface area contributed by atoms with E-state index in [4.69, 9.17) is 11.6 Å². The molecule has 1 aliphatic carbocycles. The third-order valence-corrected chi connectivity index (χ3v) is 3.78. The van der Waals surface area contributed by atoms with Gasteiger partial charge in [-0.25, -0.2) is 0 Å². The highest BCUT2D eigenvalue weighted by molar-refractivity contribution is 6.18. The Morgan fingerprint density at radius 3 is 2.67 bits per heavy atom. The Balaban J connectivity index is 2.01. The minimum atomic E-state index is 0.248. The molecule has 1 N–H and O–H groups in total. The number of benzene rings is 1. The van der Waals surface area contributed by atoms with Crippen LogP contribution in [0.1, 0.15) is 29.5 Å². The normalized spacial score (nSPS) is 17.8. The lowest BCUT2D eigenvalue weighted by Gasteiger charge is -2.15. The molecule has 0 unspecified atom stereocenters. The predicted octanol–water partition coefficient (Wildman–Crippen LogP) is 3.16. The summed E-state index contributed by atoms with van der Waals surface area (Å²) in [6, 6.07) is 6.60. The number of alkyl halides is 1. The Morgan fingerprint density at radius 1 is 1.33 bits per heavy atom. The van der Waals surface area contributed by atoms with E-state index in [0.717, 1.165) is 12.4 Å². The van der Waals surface area contributed by atoms with Crippen molar-refractivity contribution in [1.29, 1.82) is 0 Å². The molecule has 0 spiro atoms. The van der Waals surface area contributed by atoms with Gasteiger partial charge >= 0.3 is 0 Å². The predicted molar refractivity (Wildman–Crippen MR) is 65.4 cm³/mol. The number of hydrogen-bond donors (Lipinski definition) is 1. The van der Waals surface area contributed by atoms with E-state index in [-0.39, 0.29) is 5.54 Å². The van der Waals surface area contributed by atoms with E-state index in [1.165, 1.54) is 29.5 Å². The first-order valence-corrected chi connectivity index (χ1v) is 6.06. The molecule has 2 heteroatoms. The van der Waals surface area contributed by atoms with Crippen LogP contribution < -0.4 is 5.32 Å². The van der Waals surface area contributed by atoms with E-state index >= 15 is 0 Å². The molecule has 1 fully saturated rings. The van der Waals surface area contributed by atoms with Gasteiger partial charge in [0.25, 0.3) is 0 Å². The van der Waals surface area contributed by atoms with Crippen molar-refractivity contribution >= 4 is 11.6 Å². The third-order valence-electron chi connectivity index (χ3n) is 3.27. The molecule has 0 amide bonds. The van der Waals surface area contributed by atoms with Gasteiger partial charge in [0.1, 0.15) is 0 Å². The summed E-state index contributed by atoms with van der Waals surface area (Å²) in [4.78, 5) is 0. The minimum absolute atomic E-state index is 0.248. The maximum atomic E-state index is 5.93. The van der Waals surface area contributed by atoms with Gasteiger partial charge in [-0.15, -0.1) is 11.6 Å². The highest BCUT2D eigenvalue weighted by Gasteiger charge is 2.41. The molecule has 82 valence electrons. The van der Waals surface area contributed by atoms with Crippen LogP contribution in [0.3, 0.4) is 0 Å². The van der Waals surface area contributed by atoms with Crippen molar-refractivity contribution in [3.8, 4) is 0 Å². The number of hydrogen-bond acceptors (Lipinski definition) is 1. The fourth-order valence-corrected chi connectivity index (χ4v) is 2.14. The fourth-order valence-electron chi connectivity index (χ4n) is 1.78. The zero-order valence-electron chi connectivity index (χ0n) is 9.44. The maximum Gasteiger partial charge on any atom is 0.0406 e. The van der Waals surface area contributed by atoms with Crippen LogP contribution >= 0.6 is 11.6 Å². The Morgan fingerprint density at radius 2 is 2.07 bits per heavy atom. The Hall–Kier alpha value is -0.530. The lowest BCUT2D eigenvalue weighted by molar-refractivity contribution is 0.541. The molecule has 1 saturated carbocycles. The summed E-state index contributed by atoms with van der Waals surface area (Å²) in [5.41, 5.74) is 4.33. The summed E-state index contributed by atoms with van der Waals surface area (Å²) in [6.45, 7) is 5.24. The third kappa shape index (κ3) is 2.53. The van der Waals surface area contributed by atoms with Gasteiger partial charge in [0, 0.05) is 18.0 Å². The van der Waals surface area contributed by atoms with Gasteiger partial charge in [0.05, 0.1) is 0 Å². The quantitative estimate of drug-likeness (QED) is 0.774. The van der Waals surface area contributed by atoms with Crippen molar-refractivity contribution in [2.75, 3.05) is 5.88 Å². The molecule has 0 aliphatic heterocycles. The fraction of sp³-hybridized carbons (Fsp3) is 0.538. The average molecular weight is 224 g/mol. The van der Waals surface area contributed by atoms with Crippen LogP contribution in [0.2, 0.25) is 0 Å². The van der Waals surface area contributed by atoms with Crippen molar-refractivity contribution < 1.29 is 0 Å². The second kappa shape index (κ2) is 4.15. The molecule has 1 aromatic carbocycles. The second-order valence-electron chi connectivity index (χ2n) is 4.70. The van der Waals surface area contributed by atoms with Crippen molar-refractivity contribution in [3.05, 3.63) is 34.9 Å². The molecule has 1 nitrogen and oxygen atoms in total. The molecule has 0 atom stereocenters. The molecule has 0 bridgehead atoms. The van der Waals surface area contributed by atoms with E-state index in [9.17, 15) is 0 Å². The maximum absolute atomic E-state index is 5.93. The molecule has 0 aromatic heterocycles. The Kier molecular flexibility index (Phi) is 3.03. The van der Waals surface area contributed by atoms with Gasteiger partial charge in [-0.3, -0.25) is 0 Å². The van der Waals surface area contributed by atoms with E-state index in [1.54, 1.807) is 0 Å². The Labute approximate surface area is 96.8 Å². The number of halogens is 1. The van der Waals surface area contributed by atoms with Crippen molar-refractivity contribution in [2.45, 2.75) is 38.8 Å². The number of nitrogens with one attached hydrogen (secondary N) is 1. The lowest BCUT2D eigenvalue weighted by Crippen LogP contribution is -2.32. The molecule has 1 aliphatic rings. The molecule has 1 aromatic rings. The van der Waals surface area contributed by atoms with Gasteiger partial charge < -0.3 is 5.32 Å². The molecule has 0 heterocycles. The summed E-state index contributed by atoms with van der Waals surface area (Å²) in [7, 11) is 0.